The van der Waals surface area contributed by atoms with Crippen molar-refractivity contribution in [3.63, 3.8) is 0 Å². The summed E-state index contributed by atoms with van der Waals surface area (Å²) in [5, 5.41) is 17.4. The average Bonchev–Trinajstić information content (AvgIpc) is 4.00. The molecule has 6 aliphatic rings. The van der Waals surface area contributed by atoms with Crippen molar-refractivity contribution in [1.82, 2.24) is 40.4 Å². The predicted octanol–water partition coefficient (Wildman–Crippen LogP) is 6.96. The summed E-state index contributed by atoms with van der Waals surface area (Å²) in [6.07, 6.45) is 4.22. The van der Waals surface area contributed by atoms with Crippen LogP contribution in [0.4, 0.5) is 9.59 Å². The number of nitrogens with one attached hydrogen (secondary N) is 4. The van der Waals surface area contributed by atoms with Crippen LogP contribution in [0.25, 0.3) is 44.2 Å². The van der Waals surface area contributed by atoms with Crippen molar-refractivity contribution >= 4 is 57.4 Å². The molecule has 0 radical (unpaired) electrons. The first-order valence-electron chi connectivity index (χ1n) is 22.5. The number of nitrogens with zero attached hydrogens (tertiary/aromatic N) is 4. The molecule has 6 heterocycles. The molecule has 2 aliphatic carbocycles. The summed E-state index contributed by atoms with van der Waals surface area (Å²) in [7, 11) is 1.32. The van der Waals surface area contributed by atoms with Gasteiger partial charge in [0.1, 0.15) is 23.7 Å². The van der Waals surface area contributed by atoms with E-state index in [9.17, 15) is 24.3 Å². The highest BCUT2D eigenvalue weighted by molar-refractivity contribution is 6.32. The van der Waals surface area contributed by atoms with Gasteiger partial charge in [0.15, 0.2) is 5.15 Å². The number of methoxy groups -OCH3 is 1. The fourth-order valence-corrected chi connectivity index (χ4v) is 11.4. The van der Waals surface area contributed by atoms with Crippen LogP contribution in [0, 0.1) is 23.7 Å². The fraction of sp³-hybridized carbons (Fsp3) is 0.489. The summed E-state index contributed by atoms with van der Waals surface area (Å²) in [6.45, 7) is 2.12. The van der Waals surface area contributed by atoms with Gasteiger partial charge < -0.3 is 49.7 Å². The minimum absolute atomic E-state index is 0.0356. The van der Waals surface area contributed by atoms with Crippen molar-refractivity contribution < 1.29 is 38.5 Å². The van der Waals surface area contributed by atoms with Gasteiger partial charge in [0.05, 0.1) is 35.9 Å². The van der Waals surface area contributed by atoms with Gasteiger partial charge in [-0.15, -0.1) is 0 Å². The standard InChI is InChI=1S/C47H51ClN8O8/c1-62-47(61)53-40(24-10-14-64-15-11-24)45(58)55-34-19-30(34)21-36(55)42-49-32-7-6-28(18-33(32)50-42)26-2-3-27-17-29(5-4-25(27)16-26)38-41(48)54-43(51-38)37-22-31-20-35(31)56(37)44(57)39(52-46(59)60)23-8-12-63-13-9-23/h2-7,16-18,23-24,30-31,34-37,39-40,52H,8-15,19-22H2,1H3,(H,49,50)(H,51,54)(H,53,61)(H,59,60)/t30-,31-,34-,35-,36+,37+,39+,40+/m1/s1. The summed E-state index contributed by atoms with van der Waals surface area (Å²) in [4.78, 5) is 73.3. The van der Waals surface area contributed by atoms with E-state index in [4.69, 9.17) is 35.8 Å². The van der Waals surface area contributed by atoms with Gasteiger partial charge in [-0.2, -0.15) is 0 Å². The largest absolute Gasteiger partial charge is 0.465 e. The van der Waals surface area contributed by atoms with Gasteiger partial charge in [-0.1, -0.05) is 41.9 Å². The number of aromatic nitrogens is 4. The van der Waals surface area contributed by atoms with Gasteiger partial charge in [-0.3, -0.25) is 9.59 Å². The molecule has 4 amide bonds. The second-order valence-corrected chi connectivity index (χ2v) is 18.8. The van der Waals surface area contributed by atoms with Gasteiger partial charge >= 0.3 is 12.2 Å². The van der Waals surface area contributed by atoms with Crippen LogP contribution in [0.2, 0.25) is 5.15 Å². The number of fused-ring (bicyclic) bond motifs is 4. The topological polar surface area (TPSA) is 204 Å². The number of rotatable bonds is 10. The molecule has 4 saturated heterocycles. The zero-order valence-electron chi connectivity index (χ0n) is 35.4. The third kappa shape index (κ3) is 7.52. The van der Waals surface area contributed by atoms with Crippen molar-refractivity contribution in [2.45, 2.75) is 87.6 Å². The lowest BCUT2D eigenvalue weighted by Crippen LogP contribution is -2.54. The maximum Gasteiger partial charge on any atom is 0.407 e. The van der Waals surface area contributed by atoms with Crippen molar-refractivity contribution in [3.05, 3.63) is 71.4 Å². The molecule has 11 rings (SSSR count). The predicted molar refractivity (Wildman–Crippen MR) is 235 cm³/mol. The number of carbonyl (C=O) groups is 4. The molecule has 334 valence electrons. The molecule has 8 atom stereocenters. The Morgan fingerprint density at radius 3 is 1.84 bits per heavy atom. The van der Waals surface area contributed by atoms with Crippen LogP contribution in [0.3, 0.4) is 0 Å². The van der Waals surface area contributed by atoms with E-state index in [-0.39, 0.29) is 47.8 Å². The number of aromatic amines is 2. The van der Waals surface area contributed by atoms with E-state index in [1.165, 1.54) is 7.11 Å². The molecular weight excluding hydrogens is 840 g/mol. The number of hydrogen-bond acceptors (Lipinski definition) is 9. The van der Waals surface area contributed by atoms with E-state index in [2.05, 4.69) is 63.1 Å². The Kier molecular flexibility index (Phi) is 10.5. The molecule has 0 unspecified atom stereocenters. The van der Waals surface area contributed by atoms with Gasteiger partial charge in [-0.25, -0.2) is 19.6 Å². The number of likely N-dealkylation sites (tertiary alicyclic amines) is 2. The monoisotopic (exact) mass is 890 g/mol. The number of ether oxygens (including phenoxy) is 3. The molecule has 6 fully saturated rings. The van der Waals surface area contributed by atoms with E-state index in [0.717, 1.165) is 70.0 Å². The third-order valence-corrected chi connectivity index (χ3v) is 15.0. The van der Waals surface area contributed by atoms with Gasteiger partial charge in [0, 0.05) is 44.1 Å². The van der Waals surface area contributed by atoms with Crippen LogP contribution in [0.5, 0.6) is 0 Å². The smallest absolute Gasteiger partial charge is 0.407 e. The molecule has 4 aliphatic heterocycles. The molecule has 16 nitrogen and oxygen atoms in total. The van der Waals surface area contributed by atoms with Crippen LogP contribution >= 0.6 is 11.6 Å². The van der Waals surface area contributed by atoms with Gasteiger partial charge in [0.2, 0.25) is 11.8 Å². The molecule has 0 spiro atoms. The van der Waals surface area contributed by atoms with Crippen LogP contribution in [0.15, 0.2) is 54.6 Å². The van der Waals surface area contributed by atoms with Gasteiger partial charge in [-0.05, 0) is 121 Å². The zero-order valence-corrected chi connectivity index (χ0v) is 36.2. The molecule has 3 aromatic carbocycles. The summed E-state index contributed by atoms with van der Waals surface area (Å²) in [5.74, 6) is 1.66. The van der Waals surface area contributed by atoms with Crippen LogP contribution in [-0.2, 0) is 23.8 Å². The van der Waals surface area contributed by atoms with E-state index in [1.807, 2.05) is 21.9 Å². The number of carboxylic acid groups (broad SMARTS) is 1. The quantitative estimate of drug-likeness (QED) is 0.0975. The number of H-pyrrole nitrogens is 2. The second-order valence-electron chi connectivity index (χ2n) is 18.5. The Balaban J connectivity index is 0.817. The number of imidazole rings is 2. The number of benzene rings is 3. The lowest BCUT2D eigenvalue weighted by atomic mass is 9.90. The summed E-state index contributed by atoms with van der Waals surface area (Å²) < 4.78 is 16.0. The van der Waals surface area contributed by atoms with E-state index >= 15 is 0 Å². The van der Waals surface area contributed by atoms with Crippen LogP contribution in [0.1, 0.15) is 75.1 Å². The summed E-state index contributed by atoms with van der Waals surface area (Å²) in [5.41, 5.74) is 5.26. The van der Waals surface area contributed by atoms with Crippen molar-refractivity contribution in [1.29, 1.82) is 0 Å². The molecule has 5 N–H and O–H groups in total. The number of amides is 4. The Morgan fingerprint density at radius 1 is 0.719 bits per heavy atom. The van der Waals surface area contributed by atoms with Crippen LogP contribution in [-0.4, -0.2) is 117 Å². The van der Waals surface area contributed by atoms with E-state index in [1.54, 1.807) is 0 Å². The Bertz CT molecular complexity index is 2660. The number of hydrogen-bond donors (Lipinski definition) is 5. The fourth-order valence-electron chi connectivity index (χ4n) is 11.2. The van der Waals surface area contributed by atoms with E-state index < -0.39 is 24.3 Å². The highest BCUT2D eigenvalue weighted by atomic mass is 35.5. The molecule has 0 bridgehead atoms. The average molecular weight is 891 g/mol. The van der Waals surface area contributed by atoms with Crippen LogP contribution < -0.4 is 10.6 Å². The minimum Gasteiger partial charge on any atom is -0.465 e. The normalized spacial score (nSPS) is 26.3. The van der Waals surface area contributed by atoms with E-state index in [0.29, 0.717) is 80.6 Å². The molecule has 2 aromatic heterocycles. The Labute approximate surface area is 373 Å². The Hall–Kier alpha value is -5.71. The highest BCUT2D eigenvalue weighted by Crippen LogP contribution is 2.55. The second kappa shape index (κ2) is 16.4. The first kappa shape index (κ1) is 41.0. The maximum absolute atomic E-state index is 14.3. The van der Waals surface area contributed by atoms with Crippen molar-refractivity contribution in [2.75, 3.05) is 33.5 Å². The lowest BCUT2D eigenvalue weighted by Gasteiger charge is -2.35. The maximum atomic E-state index is 14.3. The summed E-state index contributed by atoms with van der Waals surface area (Å²) in [6, 6.07) is 16.8. The lowest BCUT2D eigenvalue weighted by molar-refractivity contribution is -0.138. The third-order valence-electron chi connectivity index (χ3n) is 14.7. The first-order chi connectivity index (χ1) is 31.1. The number of alkyl carbamates (subject to hydrolysis) is 1. The minimum atomic E-state index is -1.21. The Morgan fingerprint density at radius 2 is 1.25 bits per heavy atom. The number of carbonyl (C=O) groups excluding carboxylic acids is 3. The first-order valence-corrected chi connectivity index (χ1v) is 22.9. The molecule has 2 saturated carbocycles. The summed E-state index contributed by atoms with van der Waals surface area (Å²) >= 11 is 6.83. The molecule has 17 heteroatoms. The van der Waals surface area contributed by atoms with Gasteiger partial charge in [0.25, 0.3) is 0 Å². The van der Waals surface area contributed by atoms with Crippen molar-refractivity contribution in [2.24, 2.45) is 23.7 Å². The molecular formula is C47H51ClN8O8. The van der Waals surface area contributed by atoms with Crippen molar-refractivity contribution in [3.8, 4) is 22.4 Å². The highest BCUT2D eigenvalue weighted by Gasteiger charge is 2.58. The molecule has 5 aromatic rings. The number of piperidine rings is 2. The SMILES string of the molecule is COC(=O)N[C@H](C(=O)N1[C@@H]2C[C@@H]2C[C@H]1c1nc2cc(-c3ccc4cc(-c5[nH]c([C@@H]6C[C@H]7C[C@H]7N6C(=O)[C@@H](NC(=O)O)C6CCOCC6)nc5Cl)ccc4c3)ccc2[nH]1)C1CCOCC1. The zero-order chi connectivity index (χ0) is 43.8. The molecule has 64 heavy (non-hydrogen) atoms. The number of halogens is 1.